The second kappa shape index (κ2) is 9.03. The van der Waals surface area contributed by atoms with Gasteiger partial charge in [0.15, 0.2) is 0 Å². The predicted octanol–water partition coefficient (Wildman–Crippen LogP) is 1.27. The van der Waals surface area contributed by atoms with Gasteiger partial charge in [0, 0.05) is 17.4 Å². The minimum atomic E-state index is -1.16. The van der Waals surface area contributed by atoms with Gasteiger partial charge in [-0.2, -0.15) is 0 Å². The van der Waals surface area contributed by atoms with Gasteiger partial charge in [-0.3, -0.25) is 14.4 Å². The van der Waals surface area contributed by atoms with Crippen molar-refractivity contribution < 1.29 is 29.0 Å². The first-order valence-corrected chi connectivity index (χ1v) is 11.5. The van der Waals surface area contributed by atoms with E-state index in [1.165, 1.54) is 11.0 Å². The van der Waals surface area contributed by atoms with E-state index in [4.69, 9.17) is 9.47 Å². The normalized spacial score (nSPS) is 34.6. The Morgan fingerprint density at radius 1 is 1.39 bits per heavy atom. The molecule has 2 bridgehead atoms. The molecule has 0 aliphatic carbocycles. The Balaban J connectivity index is 2.09. The van der Waals surface area contributed by atoms with E-state index in [-0.39, 0.29) is 35.9 Å². The summed E-state index contributed by atoms with van der Waals surface area (Å²) in [4.78, 5) is 43.2. The van der Waals surface area contributed by atoms with Crippen LogP contribution >= 0.6 is 15.9 Å². The zero-order chi connectivity index (χ0) is 23.1. The van der Waals surface area contributed by atoms with Crippen LogP contribution in [0.15, 0.2) is 25.3 Å². The second-order valence-corrected chi connectivity index (χ2v) is 9.91. The lowest BCUT2D eigenvalue weighted by Gasteiger charge is -2.39. The molecule has 1 N–H and O–H groups in total. The van der Waals surface area contributed by atoms with Crippen molar-refractivity contribution in [1.29, 1.82) is 0 Å². The fourth-order valence-electron chi connectivity index (χ4n) is 5.27. The van der Waals surface area contributed by atoms with Crippen LogP contribution in [0, 0.1) is 11.8 Å². The molecule has 0 saturated carbocycles. The lowest BCUT2D eigenvalue weighted by atomic mass is 9.70. The molecule has 3 rings (SSSR count). The number of carbonyl (C=O) groups excluding carboxylic acids is 3. The molecule has 3 saturated heterocycles. The highest BCUT2D eigenvalue weighted by molar-refractivity contribution is 9.09. The predicted molar refractivity (Wildman–Crippen MR) is 117 cm³/mol. The Labute approximate surface area is 191 Å². The quantitative estimate of drug-likeness (QED) is 0.292. The molecule has 172 valence electrons. The monoisotopic (exact) mass is 498 g/mol. The fraction of sp³-hybridized carbons (Fsp3) is 0.682. The summed E-state index contributed by atoms with van der Waals surface area (Å²) < 4.78 is 11.6. The van der Waals surface area contributed by atoms with Crippen molar-refractivity contribution in [2.45, 2.75) is 61.8 Å². The molecule has 8 nitrogen and oxygen atoms in total. The third-order valence-electron chi connectivity index (χ3n) is 6.55. The number of hydrogen-bond donors (Lipinski definition) is 1. The lowest BCUT2D eigenvalue weighted by molar-refractivity contribution is -0.155. The average molecular weight is 499 g/mol. The number of aliphatic hydroxyl groups is 1. The first-order valence-electron chi connectivity index (χ1n) is 10.6. The van der Waals surface area contributed by atoms with Crippen molar-refractivity contribution in [1.82, 2.24) is 9.80 Å². The molecule has 9 heteroatoms. The van der Waals surface area contributed by atoms with E-state index < -0.39 is 41.6 Å². The summed E-state index contributed by atoms with van der Waals surface area (Å²) in [6.45, 7) is 12.8. The van der Waals surface area contributed by atoms with Crippen LogP contribution < -0.4 is 0 Å². The smallest absolute Gasteiger partial charge is 0.312 e. The fourth-order valence-corrected chi connectivity index (χ4v) is 6.21. The van der Waals surface area contributed by atoms with Gasteiger partial charge in [0.2, 0.25) is 11.8 Å². The number of carbonyl (C=O) groups is 3. The number of esters is 1. The van der Waals surface area contributed by atoms with E-state index in [0.29, 0.717) is 13.0 Å². The summed E-state index contributed by atoms with van der Waals surface area (Å²) in [5.41, 5.74) is -1.16. The van der Waals surface area contributed by atoms with E-state index in [9.17, 15) is 19.5 Å². The maximum Gasteiger partial charge on any atom is 0.312 e. The van der Waals surface area contributed by atoms with Crippen LogP contribution in [-0.4, -0.2) is 87.1 Å². The summed E-state index contributed by atoms with van der Waals surface area (Å²) >= 11 is 3.60. The molecule has 1 spiro atoms. The van der Waals surface area contributed by atoms with Gasteiger partial charge in [-0.1, -0.05) is 34.7 Å². The maximum atomic E-state index is 13.8. The average Bonchev–Trinajstić information content (AvgIpc) is 3.32. The van der Waals surface area contributed by atoms with Gasteiger partial charge < -0.3 is 24.4 Å². The Morgan fingerprint density at radius 2 is 2.06 bits per heavy atom. The molecular formula is C22H31BrN2O6. The summed E-state index contributed by atoms with van der Waals surface area (Å²) in [5.74, 6) is -2.84. The number of likely N-dealkylation sites (tertiary alicyclic amines) is 1. The van der Waals surface area contributed by atoms with Gasteiger partial charge in [-0.05, 0) is 27.2 Å². The van der Waals surface area contributed by atoms with Crippen molar-refractivity contribution in [3.63, 3.8) is 0 Å². The van der Waals surface area contributed by atoms with Crippen LogP contribution in [0.5, 0.6) is 0 Å². The second-order valence-electron chi connectivity index (χ2n) is 8.73. The highest BCUT2D eigenvalue weighted by atomic mass is 79.9. The van der Waals surface area contributed by atoms with E-state index in [1.54, 1.807) is 17.9 Å². The van der Waals surface area contributed by atoms with Crippen molar-refractivity contribution in [3.8, 4) is 0 Å². The van der Waals surface area contributed by atoms with Gasteiger partial charge in [0.25, 0.3) is 0 Å². The Hall–Kier alpha value is -1.71. The highest BCUT2D eigenvalue weighted by Crippen LogP contribution is 2.60. The zero-order valence-corrected chi connectivity index (χ0v) is 19.8. The Bertz CT molecular complexity index is 773. The molecular weight excluding hydrogens is 468 g/mol. The zero-order valence-electron chi connectivity index (χ0n) is 18.2. The summed E-state index contributed by atoms with van der Waals surface area (Å²) in [6, 6.07) is -1.69. The minimum Gasteiger partial charge on any atom is -0.461 e. The van der Waals surface area contributed by atoms with E-state index in [0.717, 1.165) is 0 Å². The number of hydrogen-bond acceptors (Lipinski definition) is 6. The van der Waals surface area contributed by atoms with E-state index >= 15 is 0 Å². The number of rotatable bonds is 9. The number of nitrogens with zero attached hydrogens (tertiary/aromatic N) is 2. The van der Waals surface area contributed by atoms with Crippen LogP contribution in [0.25, 0.3) is 0 Å². The van der Waals surface area contributed by atoms with Crippen molar-refractivity contribution in [3.05, 3.63) is 25.3 Å². The van der Waals surface area contributed by atoms with Gasteiger partial charge >= 0.3 is 5.97 Å². The van der Waals surface area contributed by atoms with Gasteiger partial charge in [0.05, 0.1) is 30.6 Å². The standard InChI is InChI=1S/C22H31BrN2O6/c1-6-8-24(12(3)4)20(28)18-22-10-14(23)17(31-22)15(21(29)30-9-7-2)16(22)19(27)25(18)13(5)11-26/h6-7,12-18,26H,1-2,8-11H2,3-5H3/t13-,14?,15-,16+,17-,18?,22?/m1/s1. The highest BCUT2D eigenvalue weighted by Gasteiger charge is 2.77. The number of aliphatic hydroxyl groups excluding tert-OH is 1. The van der Waals surface area contributed by atoms with E-state index in [2.05, 4.69) is 29.1 Å². The van der Waals surface area contributed by atoms with Crippen molar-refractivity contribution in [2.75, 3.05) is 19.8 Å². The van der Waals surface area contributed by atoms with Crippen molar-refractivity contribution in [2.24, 2.45) is 11.8 Å². The largest absolute Gasteiger partial charge is 0.461 e. The summed E-state index contributed by atoms with van der Waals surface area (Å²) in [5, 5.41) is 9.85. The van der Waals surface area contributed by atoms with Gasteiger partial charge in [-0.25, -0.2) is 0 Å². The molecule has 31 heavy (non-hydrogen) atoms. The first-order chi connectivity index (χ1) is 14.7. The van der Waals surface area contributed by atoms with Gasteiger partial charge in [-0.15, -0.1) is 6.58 Å². The van der Waals surface area contributed by atoms with Gasteiger partial charge in [0.1, 0.15) is 18.2 Å². The topological polar surface area (TPSA) is 96.4 Å². The molecule has 3 aliphatic rings. The molecule has 0 radical (unpaired) electrons. The van der Waals surface area contributed by atoms with E-state index in [1.807, 2.05) is 13.8 Å². The number of fused-ring (bicyclic) bond motifs is 1. The molecule has 2 amide bonds. The third-order valence-corrected chi connectivity index (χ3v) is 7.39. The first kappa shape index (κ1) is 23.9. The molecule has 3 fully saturated rings. The Kier molecular flexibility index (Phi) is 6.98. The molecule has 3 heterocycles. The number of ether oxygens (including phenoxy) is 2. The molecule has 0 aromatic carbocycles. The van der Waals surface area contributed by atoms with Crippen LogP contribution in [0.2, 0.25) is 0 Å². The maximum absolute atomic E-state index is 13.8. The third kappa shape index (κ3) is 3.64. The minimum absolute atomic E-state index is 0.0303. The molecule has 3 aliphatic heterocycles. The SMILES string of the molecule is C=CCOC(=O)[C@H]1[C@@H]2OC3(CC2Br)C(C(=O)N(CC=C)C(C)C)N([C@H](C)CO)C(=O)[C@H]13. The number of halogens is 1. The van der Waals surface area contributed by atoms with Crippen molar-refractivity contribution >= 4 is 33.7 Å². The summed E-state index contributed by atoms with van der Waals surface area (Å²) in [7, 11) is 0. The lowest BCUT2D eigenvalue weighted by Crippen LogP contribution is -2.59. The number of amides is 2. The molecule has 7 atom stereocenters. The van der Waals surface area contributed by atoms with Crippen LogP contribution in [-0.2, 0) is 23.9 Å². The molecule has 0 aromatic rings. The number of alkyl halides is 1. The molecule has 0 aromatic heterocycles. The Morgan fingerprint density at radius 3 is 2.61 bits per heavy atom. The van der Waals surface area contributed by atoms with Crippen LogP contribution in [0.3, 0.4) is 0 Å². The van der Waals surface area contributed by atoms with Crippen LogP contribution in [0.1, 0.15) is 27.2 Å². The molecule has 3 unspecified atom stereocenters. The van der Waals surface area contributed by atoms with Crippen LogP contribution in [0.4, 0.5) is 0 Å². The summed E-state index contributed by atoms with van der Waals surface area (Å²) in [6.07, 6.45) is 2.94.